The fourth-order valence-electron chi connectivity index (χ4n) is 3.08. The molecule has 0 aromatic rings. The highest BCUT2D eigenvalue weighted by molar-refractivity contribution is 7.98. The minimum atomic E-state index is -0.988. The van der Waals surface area contributed by atoms with Gasteiger partial charge in [0.2, 0.25) is 11.8 Å². The van der Waals surface area contributed by atoms with Gasteiger partial charge in [-0.3, -0.25) is 14.5 Å². The van der Waals surface area contributed by atoms with Crippen LogP contribution < -0.4 is 0 Å². The van der Waals surface area contributed by atoms with Crippen LogP contribution in [0.3, 0.4) is 0 Å². The Kier molecular flexibility index (Phi) is 4.02. The van der Waals surface area contributed by atoms with Crippen molar-refractivity contribution >= 4 is 23.6 Å². The predicted octanol–water partition coefficient (Wildman–Crippen LogP) is 1.28. The number of carbonyl (C=O) groups is 2. The molecule has 0 bridgehead atoms. The maximum Gasteiger partial charge on any atom is 0.233 e. The third-order valence-electron chi connectivity index (χ3n) is 3.89. The zero-order chi connectivity index (χ0) is 13.3. The van der Waals surface area contributed by atoms with Crippen molar-refractivity contribution in [3.05, 3.63) is 0 Å². The third-order valence-corrected chi connectivity index (χ3v) is 4.80. The number of thioether (sulfide) groups is 1. The normalized spacial score (nSPS) is 31.4. The predicted molar refractivity (Wildman–Crippen MR) is 71.2 cm³/mol. The number of fused-ring (bicyclic) bond motifs is 1. The largest absolute Gasteiger partial charge is 0.387 e. The van der Waals surface area contributed by atoms with E-state index in [0.29, 0.717) is 5.75 Å². The molecule has 4 nitrogen and oxygen atoms in total. The Balaban J connectivity index is 2.09. The van der Waals surface area contributed by atoms with Gasteiger partial charge in [0.05, 0.1) is 24.0 Å². The number of likely N-dealkylation sites (tertiary alicyclic amines) is 1. The van der Waals surface area contributed by atoms with Crippen LogP contribution >= 0.6 is 11.8 Å². The number of aliphatic hydroxyl groups is 1. The number of amides is 2. The van der Waals surface area contributed by atoms with Gasteiger partial charge in [-0.2, -0.15) is 11.8 Å². The van der Waals surface area contributed by atoms with Gasteiger partial charge in [0.25, 0.3) is 0 Å². The number of carbonyl (C=O) groups excluding carboxylic acids is 2. The Morgan fingerprint density at radius 1 is 1.28 bits per heavy atom. The summed E-state index contributed by atoms with van der Waals surface area (Å²) >= 11 is 1.52. The lowest BCUT2D eigenvalue weighted by atomic mass is 9.81. The van der Waals surface area contributed by atoms with Gasteiger partial charge in [-0.05, 0) is 26.0 Å². The molecular formula is C13H21NO3S. The molecule has 0 radical (unpaired) electrons. The van der Waals surface area contributed by atoms with E-state index in [9.17, 15) is 14.7 Å². The Morgan fingerprint density at radius 2 is 1.78 bits per heavy atom. The molecule has 1 saturated carbocycles. The highest BCUT2D eigenvalue weighted by Gasteiger charge is 2.49. The molecular weight excluding hydrogens is 250 g/mol. The molecule has 102 valence electrons. The second kappa shape index (κ2) is 5.21. The highest BCUT2D eigenvalue weighted by atomic mass is 32.2. The first-order chi connectivity index (χ1) is 8.46. The summed E-state index contributed by atoms with van der Waals surface area (Å²) in [6.45, 7) is 1.82. The van der Waals surface area contributed by atoms with E-state index in [2.05, 4.69) is 0 Å². The van der Waals surface area contributed by atoms with Crippen molar-refractivity contribution in [2.24, 2.45) is 11.8 Å². The molecule has 0 spiro atoms. The van der Waals surface area contributed by atoms with Crippen LogP contribution in [0.1, 0.15) is 32.6 Å². The van der Waals surface area contributed by atoms with Crippen LogP contribution in [-0.2, 0) is 9.59 Å². The van der Waals surface area contributed by atoms with Gasteiger partial charge in [0.15, 0.2) is 0 Å². The van der Waals surface area contributed by atoms with E-state index < -0.39 is 5.60 Å². The summed E-state index contributed by atoms with van der Waals surface area (Å²) in [5.74, 6) is 0.171. The van der Waals surface area contributed by atoms with E-state index in [1.807, 2.05) is 6.26 Å². The Bertz CT molecular complexity index is 332. The molecule has 18 heavy (non-hydrogen) atoms. The standard InChI is InChI=1S/C13H21NO3S/c1-13(17,8-18-2)7-14-11(15)9-5-3-4-6-10(9)12(14)16/h9-10,17H,3-8H2,1-2H3. The van der Waals surface area contributed by atoms with Crippen LogP contribution in [0.4, 0.5) is 0 Å². The smallest absolute Gasteiger partial charge is 0.233 e. The quantitative estimate of drug-likeness (QED) is 0.783. The van der Waals surface area contributed by atoms with Gasteiger partial charge < -0.3 is 5.11 Å². The minimum absolute atomic E-state index is 0.0638. The topological polar surface area (TPSA) is 57.6 Å². The minimum Gasteiger partial charge on any atom is -0.387 e. The number of β-amino-alcohol motifs (C(OH)–C–C–N with tert-alkyl or cyclic N) is 1. The average molecular weight is 271 g/mol. The van der Waals surface area contributed by atoms with Crippen LogP contribution in [0.15, 0.2) is 0 Å². The number of imide groups is 1. The Morgan fingerprint density at radius 3 is 2.22 bits per heavy atom. The van der Waals surface area contributed by atoms with E-state index in [4.69, 9.17) is 0 Å². The molecule has 1 saturated heterocycles. The van der Waals surface area contributed by atoms with Gasteiger partial charge in [0, 0.05) is 5.75 Å². The molecule has 2 aliphatic rings. The summed E-state index contributed by atoms with van der Waals surface area (Å²) in [4.78, 5) is 25.7. The number of hydrogen-bond acceptors (Lipinski definition) is 4. The van der Waals surface area contributed by atoms with E-state index in [1.54, 1.807) is 6.92 Å². The molecule has 1 heterocycles. The van der Waals surface area contributed by atoms with Crippen molar-refractivity contribution in [1.82, 2.24) is 4.90 Å². The second-order valence-electron chi connectivity index (χ2n) is 5.69. The van der Waals surface area contributed by atoms with E-state index in [0.717, 1.165) is 25.7 Å². The summed E-state index contributed by atoms with van der Waals surface area (Å²) < 4.78 is 0. The molecule has 3 unspecified atom stereocenters. The van der Waals surface area contributed by atoms with Crippen molar-refractivity contribution in [2.45, 2.75) is 38.2 Å². The molecule has 1 aliphatic carbocycles. The molecule has 1 aliphatic heterocycles. The number of nitrogens with zero attached hydrogens (tertiary/aromatic N) is 1. The van der Waals surface area contributed by atoms with Gasteiger partial charge in [-0.25, -0.2) is 0 Å². The molecule has 2 rings (SSSR count). The van der Waals surface area contributed by atoms with E-state index in [1.165, 1.54) is 16.7 Å². The van der Waals surface area contributed by atoms with Crippen molar-refractivity contribution in [1.29, 1.82) is 0 Å². The maximum atomic E-state index is 12.2. The summed E-state index contributed by atoms with van der Waals surface area (Å²) in [5, 5.41) is 10.2. The van der Waals surface area contributed by atoms with Crippen LogP contribution in [0.25, 0.3) is 0 Å². The van der Waals surface area contributed by atoms with Gasteiger partial charge in [0.1, 0.15) is 0 Å². The summed E-state index contributed by atoms with van der Waals surface area (Å²) in [6.07, 6.45) is 5.64. The van der Waals surface area contributed by atoms with Gasteiger partial charge >= 0.3 is 0 Å². The Hall–Kier alpha value is -0.550. The number of rotatable bonds is 4. The first-order valence-corrected chi connectivity index (χ1v) is 7.92. The molecule has 2 fully saturated rings. The molecule has 1 N–H and O–H groups in total. The molecule has 0 aromatic heterocycles. The SMILES string of the molecule is CSCC(C)(O)CN1C(=O)C2CCCCC2C1=O. The summed E-state index contributed by atoms with van der Waals surface area (Å²) in [6, 6.07) is 0. The molecule has 3 atom stereocenters. The van der Waals surface area contributed by atoms with Crippen molar-refractivity contribution in [3.8, 4) is 0 Å². The second-order valence-corrected chi connectivity index (χ2v) is 6.56. The zero-order valence-electron chi connectivity index (χ0n) is 11.0. The van der Waals surface area contributed by atoms with Crippen LogP contribution in [-0.4, -0.2) is 46.0 Å². The lowest BCUT2D eigenvalue weighted by Crippen LogP contribution is -2.45. The molecule has 0 aromatic carbocycles. The zero-order valence-corrected chi connectivity index (χ0v) is 11.8. The highest BCUT2D eigenvalue weighted by Crippen LogP contribution is 2.38. The fraction of sp³-hybridized carbons (Fsp3) is 0.846. The molecule has 2 amide bonds. The summed E-state index contributed by atoms with van der Waals surface area (Å²) in [5.41, 5.74) is -0.988. The average Bonchev–Trinajstić information content (AvgIpc) is 2.55. The lowest BCUT2D eigenvalue weighted by molar-refractivity contribution is -0.143. The van der Waals surface area contributed by atoms with Gasteiger partial charge in [-0.1, -0.05) is 12.8 Å². The van der Waals surface area contributed by atoms with Crippen LogP contribution in [0.2, 0.25) is 0 Å². The van der Waals surface area contributed by atoms with E-state index in [-0.39, 0.29) is 30.2 Å². The fourth-order valence-corrected chi connectivity index (χ4v) is 3.80. The summed E-state index contributed by atoms with van der Waals surface area (Å²) in [7, 11) is 0. The Labute approximate surface area is 112 Å². The first kappa shape index (κ1) is 13.9. The van der Waals surface area contributed by atoms with Crippen molar-refractivity contribution in [3.63, 3.8) is 0 Å². The van der Waals surface area contributed by atoms with Crippen LogP contribution in [0.5, 0.6) is 0 Å². The first-order valence-electron chi connectivity index (χ1n) is 6.53. The molecule has 5 heteroatoms. The lowest BCUT2D eigenvalue weighted by Gasteiger charge is -2.27. The maximum absolute atomic E-state index is 12.2. The monoisotopic (exact) mass is 271 g/mol. The number of hydrogen-bond donors (Lipinski definition) is 1. The van der Waals surface area contributed by atoms with Gasteiger partial charge in [-0.15, -0.1) is 0 Å². The third kappa shape index (κ3) is 2.57. The van der Waals surface area contributed by atoms with Crippen LogP contribution in [0, 0.1) is 11.8 Å². The van der Waals surface area contributed by atoms with E-state index >= 15 is 0 Å². The van der Waals surface area contributed by atoms with Crippen molar-refractivity contribution < 1.29 is 14.7 Å². The van der Waals surface area contributed by atoms with Crippen molar-refractivity contribution in [2.75, 3.05) is 18.6 Å².